The van der Waals surface area contributed by atoms with E-state index in [1.807, 2.05) is 0 Å². The van der Waals surface area contributed by atoms with Crippen molar-refractivity contribution in [1.82, 2.24) is 0 Å². The fraction of sp³-hybridized carbons (Fsp3) is 0. The summed E-state index contributed by atoms with van der Waals surface area (Å²) in [6, 6.07) is 8.78. The molecule has 0 heterocycles. The number of carbonyl (C=O) groups excluding carboxylic acids is 1. The first-order chi connectivity index (χ1) is 8.99. The molecule has 0 aliphatic carbocycles. The minimum atomic E-state index is -0.690. The van der Waals surface area contributed by atoms with Crippen LogP contribution in [0.1, 0.15) is 10.4 Å². The fourth-order valence-electron chi connectivity index (χ4n) is 1.53. The third-order valence-corrected chi connectivity index (χ3v) is 2.99. The summed E-state index contributed by atoms with van der Waals surface area (Å²) < 4.78 is 13.6. The summed E-state index contributed by atoms with van der Waals surface area (Å²) in [6.07, 6.45) is 0. The molecule has 0 aliphatic heterocycles. The smallest absolute Gasteiger partial charge is 0.257 e. The molecule has 0 aromatic heterocycles. The van der Waals surface area contributed by atoms with E-state index in [9.17, 15) is 9.18 Å². The quantitative estimate of drug-likeness (QED) is 0.824. The second-order valence-electron chi connectivity index (χ2n) is 3.79. The van der Waals surface area contributed by atoms with Gasteiger partial charge in [0, 0.05) is 10.7 Å². The van der Waals surface area contributed by atoms with E-state index in [1.165, 1.54) is 36.4 Å². The van der Waals surface area contributed by atoms with Crippen LogP contribution in [0, 0.1) is 5.82 Å². The Balaban J connectivity index is 2.28. The van der Waals surface area contributed by atoms with Gasteiger partial charge in [-0.1, -0.05) is 29.3 Å². The van der Waals surface area contributed by atoms with Crippen molar-refractivity contribution in [3.63, 3.8) is 0 Å². The SMILES string of the molecule is Nc1cc(Cl)ccc1C(=O)Nc1cccc(Cl)c1F. The highest BCUT2D eigenvalue weighted by Crippen LogP contribution is 2.24. The third kappa shape index (κ3) is 2.97. The van der Waals surface area contributed by atoms with Crippen LogP contribution in [0.3, 0.4) is 0 Å². The van der Waals surface area contributed by atoms with E-state index in [0.29, 0.717) is 5.02 Å². The van der Waals surface area contributed by atoms with Gasteiger partial charge in [-0.2, -0.15) is 0 Å². The Labute approximate surface area is 119 Å². The molecule has 3 N–H and O–H groups in total. The molecule has 0 unspecified atom stereocenters. The van der Waals surface area contributed by atoms with Crippen molar-refractivity contribution < 1.29 is 9.18 Å². The molecule has 19 heavy (non-hydrogen) atoms. The highest BCUT2D eigenvalue weighted by Gasteiger charge is 2.13. The number of hydrogen-bond donors (Lipinski definition) is 2. The number of nitrogen functional groups attached to an aromatic ring is 1. The summed E-state index contributed by atoms with van der Waals surface area (Å²) >= 11 is 11.4. The van der Waals surface area contributed by atoms with E-state index in [-0.39, 0.29) is 22.0 Å². The first-order valence-electron chi connectivity index (χ1n) is 5.29. The van der Waals surface area contributed by atoms with Gasteiger partial charge < -0.3 is 11.1 Å². The molecule has 3 nitrogen and oxygen atoms in total. The van der Waals surface area contributed by atoms with E-state index in [0.717, 1.165) is 0 Å². The van der Waals surface area contributed by atoms with Crippen molar-refractivity contribution in [2.45, 2.75) is 0 Å². The van der Waals surface area contributed by atoms with Gasteiger partial charge in [-0.3, -0.25) is 4.79 Å². The highest BCUT2D eigenvalue weighted by atomic mass is 35.5. The number of nitrogens with two attached hydrogens (primary N) is 1. The minimum Gasteiger partial charge on any atom is -0.398 e. The lowest BCUT2D eigenvalue weighted by atomic mass is 10.1. The molecule has 6 heteroatoms. The molecular formula is C13H9Cl2FN2O. The fourth-order valence-corrected chi connectivity index (χ4v) is 1.89. The van der Waals surface area contributed by atoms with Gasteiger partial charge >= 0.3 is 0 Å². The number of benzene rings is 2. The van der Waals surface area contributed by atoms with Gasteiger partial charge in [-0.15, -0.1) is 0 Å². The Bertz CT molecular complexity index is 647. The van der Waals surface area contributed by atoms with Crippen molar-refractivity contribution >= 4 is 40.5 Å². The zero-order chi connectivity index (χ0) is 14.0. The summed E-state index contributed by atoms with van der Waals surface area (Å²) in [7, 11) is 0. The summed E-state index contributed by atoms with van der Waals surface area (Å²) in [4.78, 5) is 12.0. The van der Waals surface area contributed by atoms with Crippen molar-refractivity contribution in [3.05, 3.63) is 57.8 Å². The summed E-state index contributed by atoms with van der Waals surface area (Å²) in [6.45, 7) is 0. The number of halogens is 3. The normalized spacial score (nSPS) is 10.3. The highest BCUT2D eigenvalue weighted by molar-refractivity contribution is 6.31. The molecule has 2 rings (SSSR count). The van der Waals surface area contributed by atoms with Crippen LogP contribution in [0.5, 0.6) is 0 Å². The molecule has 0 spiro atoms. The Morgan fingerprint density at radius 2 is 1.95 bits per heavy atom. The van der Waals surface area contributed by atoms with Crippen molar-refractivity contribution in [3.8, 4) is 0 Å². The molecule has 0 atom stereocenters. The Morgan fingerprint density at radius 3 is 2.63 bits per heavy atom. The van der Waals surface area contributed by atoms with Crippen LogP contribution in [-0.4, -0.2) is 5.91 Å². The number of rotatable bonds is 2. The predicted octanol–water partition coefficient (Wildman–Crippen LogP) is 3.97. The third-order valence-electron chi connectivity index (χ3n) is 2.46. The van der Waals surface area contributed by atoms with E-state index < -0.39 is 11.7 Å². The maximum Gasteiger partial charge on any atom is 0.257 e. The predicted molar refractivity (Wildman–Crippen MR) is 75.2 cm³/mol. The first kappa shape index (κ1) is 13.6. The van der Waals surface area contributed by atoms with Crippen LogP contribution in [0.15, 0.2) is 36.4 Å². The Morgan fingerprint density at radius 1 is 1.21 bits per heavy atom. The molecule has 0 aliphatic rings. The number of hydrogen-bond acceptors (Lipinski definition) is 2. The lowest BCUT2D eigenvalue weighted by molar-refractivity contribution is 0.102. The average molecular weight is 299 g/mol. The van der Waals surface area contributed by atoms with Crippen LogP contribution < -0.4 is 11.1 Å². The Kier molecular flexibility index (Phi) is 3.93. The molecule has 0 fully saturated rings. The number of carbonyl (C=O) groups is 1. The van der Waals surface area contributed by atoms with Crippen LogP contribution in [0.25, 0.3) is 0 Å². The molecule has 1 amide bonds. The largest absolute Gasteiger partial charge is 0.398 e. The minimum absolute atomic E-state index is 0.00755. The van der Waals surface area contributed by atoms with Crippen LogP contribution in [0.2, 0.25) is 10.0 Å². The van der Waals surface area contributed by atoms with Gasteiger partial charge in [0.25, 0.3) is 5.91 Å². The first-order valence-corrected chi connectivity index (χ1v) is 6.05. The summed E-state index contributed by atoms with van der Waals surface area (Å²) in [5.41, 5.74) is 6.10. The summed E-state index contributed by atoms with van der Waals surface area (Å²) in [5.74, 6) is -1.22. The molecule has 0 saturated carbocycles. The van der Waals surface area contributed by atoms with Gasteiger partial charge in [-0.25, -0.2) is 4.39 Å². The maximum absolute atomic E-state index is 13.6. The van der Waals surface area contributed by atoms with Gasteiger partial charge in [0.15, 0.2) is 5.82 Å². The van der Waals surface area contributed by atoms with Crippen LogP contribution >= 0.6 is 23.2 Å². The van der Waals surface area contributed by atoms with Crippen molar-refractivity contribution in [1.29, 1.82) is 0 Å². The second-order valence-corrected chi connectivity index (χ2v) is 4.63. The van der Waals surface area contributed by atoms with Crippen molar-refractivity contribution in [2.24, 2.45) is 0 Å². The monoisotopic (exact) mass is 298 g/mol. The molecule has 0 radical (unpaired) electrons. The van der Waals surface area contributed by atoms with Gasteiger partial charge in [0.1, 0.15) is 0 Å². The van der Waals surface area contributed by atoms with E-state index in [1.54, 1.807) is 0 Å². The van der Waals surface area contributed by atoms with Crippen LogP contribution in [-0.2, 0) is 0 Å². The zero-order valence-electron chi connectivity index (χ0n) is 9.58. The van der Waals surface area contributed by atoms with Gasteiger partial charge in [0.05, 0.1) is 16.3 Å². The van der Waals surface area contributed by atoms with E-state index in [2.05, 4.69) is 5.32 Å². The standard InChI is InChI=1S/C13H9Cl2FN2O/c14-7-4-5-8(10(17)6-7)13(19)18-11-3-1-2-9(15)12(11)16/h1-6H,17H2,(H,18,19). The van der Waals surface area contributed by atoms with Gasteiger partial charge in [-0.05, 0) is 30.3 Å². The number of anilines is 2. The molecular weight excluding hydrogens is 290 g/mol. The lowest BCUT2D eigenvalue weighted by Gasteiger charge is -2.09. The Hall–Kier alpha value is -1.78. The van der Waals surface area contributed by atoms with Gasteiger partial charge in [0.2, 0.25) is 0 Å². The summed E-state index contributed by atoms with van der Waals surface area (Å²) in [5, 5.41) is 2.76. The number of nitrogens with one attached hydrogen (secondary N) is 1. The van der Waals surface area contributed by atoms with Crippen LogP contribution in [0.4, 0.5) is 15.8 Å². The molecule has 0 saturated heterocycles. The average Bonchev–Trinajstić information content (AvgIpc) is 2.34. The zero-order valence-corrected chi connectivity index (χ0v) is 11.1. The topological polar surface area (TPSA) is 55.1 Å². The molecule has 0 bridgehead atoms. The maximum atomic E-state index is 13.6. The lowest BCUT2D eigenvalue weighted by Crippen LogP contribution is -2.15. The molecule has 98 valence electrons. The number of amides is 1. The van der Waals surface area contributed by atoms with E-state index >= 15 is 0 Å². The molecule has 2 aromatic carbocycles. The molecule has 2 aromatic rings. The van der Waals surface area contributed by atoms with E-state index in [4.69, 9.17) is 28.9 Å². The second kappa shape index (κ2) is 5.47. The van der Waals surface area contributed by atoms with Crippen molar-refractivity contribution in [2.75, 3.05) is 11.1 Å².